The number of hydrogen-bond acceptors (Lipinski definition) is 6. The lowest BCUT2D eigenvalue weighted by Crippen LogP contribution is -2.32. The summed E-state index contributed by atoms with van der Waals surface area (Å²) in [6.45, 7) is 1.29. The van der Waals surface area contributed by atoms with E-state index in [9.17, 15) is 13.5 Å². The molecule has 0 spiro atoms. The minimum Gasteiger partial charge on any atom is -0.497 e. The molecular formula is C24H27NO5S. The van der Waals surface area contributed by atoms with E-state index in [2.05, 4.69) is 5.32 Å². The fourth-order valence-corrected chi connectivity index (χ4v) is 4.26. The van der Waals surface area contributed by atoms with Crippen molar-refractivity contribution in [2.45, 2.75) is 22.3 Å². The van der Waals surface area contributed by atoms with Crippen molar-refractivity contribution >= 4 is 9.84 Å². The van der Waals surface area contributed by atoms with Crippen LogP contribution in [-0.2, 0) is 16.3 Å². The van der Waals surface area contributed by atoms with Crippen molar-refractivity contribution in [1.29, 1.82) is 0 Å². The highest BCUT2D eigenvalue weighted by Gasteiger charge is 2.17. The van der Waals surface area contributed by atoms with Gasteiger partial charge >= 0.3 is 0 Å². The van der Waals surface area contributed by atoms with E-state index in [1.807, 2.05) is 42.5 Å². The average molecular weight is 442 g/mol. The lowest BCUT2D eigenvalue weighted by Gasteiger charge is -2.13. The van der Waals surface area contributed by atoms with Gasteiger partial charge in [-0.3, -0.25) is 0 Å². The molecule has 0 aromatic heterocycles. The van der Waals surface area contributed by atoms with Crippen LogP contribution >= 0.6 is 0 Å². The summed E-state index contributed by atoms with van der Waals surface area (Å²) in [6.07, 6.45) is 0.104. The summed E-state index contributed by atoms with van der Waals surface area (Å²) in [5.74, 6) is 1.34. The predicted octanol–water partition coefficient (Wildman–Crippen LogP) is 3.10. The molecular weight excluding hydrogens is 414 g/mol. The zero-order valence-electron chi connectivity index (χ0n) is 17.4. The third-order valence-corrected chi connectivity index (χ3v) is 6.54. The Morgan fingerprint density at radius 1 is 0.871 bits per heavy atom. The minimum absolute atomic E-state index is 0.217. The Balaban J connectivity index is 1.44. The number of methoxy groups -OCH3 is 1. The van der Waals surface area contributed by atoms with E-state index >= 15 is 0 Å². The van der Waals surface area contributed by atoms with Gasteiger partial charge in [-0.25, -0.2) is 8.42 Å². The summed E-state index contributed by atoms with van der Waals surface area (Å²) in [6, 6.07) is 22.6. The van der Waals surface area contributed by atoms with Crippen molar-refractivity contribution in [3.63, 3.8) is 0 Å². The number of aliphatic hydroxyl groups excluding tert-OH is 1. The van der Waals surface area contributed by atoms with Crippen molar-refractivity contribution in [3.8, 4) is 11.5 Å². The molecule has 3 aromatic carbocycles. The largest absolute Gasteiger partial charge is 0.497 e. The number of hydrogen-bond donors (Lipinski definition) is 2. The van der Waals surface area contributed by atoms with E-state index in [1.165, 1.54) is 7.11 Å². The molecule has 0 amide bonds. The Morgan fingerprint density at radius 3 is 2.10 bits per heavy atom. The van der Waals surface area contributed by atoms with Crippen molar-refractivity contribution in [3.05, 3.63) is 84.4 Å². The topological polar surface area (TPSA) is 84.9 Å². The SMILES string of the molecule is COc1ccc(S(=O)(=O)c2ccc(CCNC[C@H](O)COc3ccccc3)cc2)cc1. The second-order valence-electron chi connectivity index (χ2n) is 7.05. The molecule has 3 aromatic rings. The highest BCUT2D eigenvalue weighted by atomic mass is 32.2. The van der Waals surface area contributed by atoms with Crippen molar-refractivity contribution < 1.29 is 23.0 Å². The van der Waals surface area contributed by atoms with Crippen LogP contribution in [0.2, 0.25) is 0 Å². The number of sulfone groups is 1. The number of aliphatic hydroxyl groups is 1. The standard InChI is InChI=1S/C24H27NO5S/c1-29-21-9-13-24(14-10-21)31(27,28)23-11-7-19(8-12-23)15-16-25-17-20(26)18-30-22-5-3-2-4-6-22/h2-14,20,25-26H,15-18H2,1H3/t20-/m0/s1. The molecule has 0 saturated heterocycles. The third-order valence-electron chi connectivity index (χ3n) is 4.76. The van der Waals surface area contributed by atoms with Crippen LogP contribution in [0.5, 0.6) is 11.5 Å². The van der Waals surface area contributed by atoms with Gasteiger partial charge in [-0.15, -0.1) is 0 Å². The highest BCUT2D eigenvalue weighted by molar-refractivity contribution is 7.91. The van der Waals surface area contributed by atoms with Gasteiger partial charge in [-0.1, -0.05) is 30.3 Å². The maximum Gasteiger partial charge on any atom is 0.206 e. The molecule has 164 valence electrons. The number of para-hydroxylation sites is 1. The first-order chi connectivity index (χ1) is 15.0. The van der Waals surface area contributed by atoms with Gasteiger partial charge in [0.15, 0.2) is 0 Å². The van der Waals surface area contributed by atoms with Crippen LogP contribution in [0.4, 0.5) is 0 Å². The molecule has 0 bridgehead atoms. The molecule has 2 N–H and O–H groups in total. The second kappa shape index (κ2) is 10.9. The van der Waals surface area contributed by atoms with Crippen LogP contribution in [0.3, 0.4) is 0 Å². The Morgan fingerprint density at radius 2 is 1.48 bits per heavy atom. The van der Waals surface area contributed by atoms with Gasteiger partial charge < -0.3 is 19.9 Å². The number of nitrogens with one attached hydrogen (secondary N) is 1. The van der Waals surface area contributed by atoms with Crippen molar-refractivity contribution in [1.82, 2.24) is 5.32 Å². The monoisotopic (exact) mass is 441 g/mol. The molecule has 0 saturated carbocycles. The van der Waals surface area contributed by atoms with Gasteiger partial charge in [0, 0.05) is 6.54 Å². The molecule has 0 unspecified atom stereocenters. The Bertz CT molecular complexity index is 1040. The molecule has 0 aliphatic heterocycles. The van der Waals surface area contributed by atoms with E-state index in [0.29, 0.717) is 18.8 Å². The summed E-state index contributed by atoms with van der Waals surface area (Å²) >= 11 is 0. The summed E-state index contributed by atoms with van der Waals surface area (Å²) in [5, 5.41) is 13.2. The van der Waals surface area contributed by atoms with Crippen LogP contribution in [0.25, 0.3) is 0 Å². The molecule has 0 aliphatic rings. The van der Waals surface area contributed by atoms with Crippen LogP contribution in [0, 0.1) is 0 Å². The van der Waals surface area contributed by atoms with Crippen LogP contribution in [0.1, 0.15) is 5.56 Å². The normalized spacial score (nSPS) is 12.3. The predicted molar refractivity (Wildman–Crippen MR) is 119 cm³/mol. The van der Waals surface area contributed by atoms with Gasteiger partial charge in [0.2, 0.25) is 9.84 Å². The molecule has 3 rings (SSSR count). The summed E-state index contributed by atoms with van der Waals surface area (Å²) in [4.78, 5) is 0.484. The van der Waals surface area contributed by atoms with E-state index < -0.39 is 15.9 Å². The first kappa shape index (κ1) is 22.8. The first-order valence-corrected chi connectivity index (χ1v) is 11.5. The molecule has 31 heavy (non-hydrogen) atoms. The van der Waals surface area contributed by atoms with E-state index in [4.69, 9.17) is 9.47 Å². The maximum atomic E-state index is 12.8. The van der Waals surface area contributed by atoms with Crippen LogP contribution in [0.15, 0.2) is 88.7 Å². The fraction of sp³-hybridized carbons (Fsp3) is 0.250. The highest BCUT2D eigenvalue weighted by Crippen LogP contribution is 2.23. The van der Waals surface area contributed by atoms with Crippen LogP contribution in [-0.4, -0.2) is 46.4 Å². The van der Waals surface area contributed by atoms with Gasteiger partial charge in [0.05, 0.1) is 16.9 Å². The lowest BCUT2D eigenvalue weighted by molar-refractivity contribution is 0.106. The summed E-state index contributed by atoms with van der Waals surface area (Å²) in [7, 11) is -2.03. The lowest BCUT2D eigenvalue weighted by atomic mass is 10.1. The summed E-state index contributed by atoms with van der Waals surface area (Å²) in [5.41, 5.74) is 1.01. The average Bonchev–Trinajstić information content (AvgIpc) is 2.81. The fourth-order valence-electron chi connectivity index (χ4n) is 3.00. The minimum atomic E-state index is -3.56. The Labute approximate surface area is 183 Å². The van der Waals surface area contributed by atoms with Crippen LogP contribution < -0.4 is 14.8 Å². The smallest absolute Gasteiger partial charge is 0.206 e. The molecule has 0 aliphatic carbocycles. The molecule has 1 atom stereocenters. The first-order valence-electron chi connectivity index (χ1n) is 10.0. The summed E-state index contributed by atoms with van der Waals surface area (Å²) < 4.78 is 36.1. The zero-order chi connectivity index (χ0) is 22.1. The second-order valence-corrected chi connectivity index (χ2v) is 9.00. The van der Waals surface area contributed by atoms with E-state index in [1.54, 1.807) is 36.4 Å². The molecule has 0 heterocycles. The van der Waals surface area contributed by atoms with Gasteiger partial charge in [-0.05, 0) is 67.1 Å². The molecule has 7 heteroatoms. The quantitative estimate of drug-likeness (QED) is 0.445. The van der Waals surface area contributed by atoms with Crippen molar-refractivity contribution in [2.24, 2.45) is 0 Å². The number of rotatable bonds is 11. The Kier molecular flexibility index (Phi) is 8.06. The molecule has 0 fully saturated rings. The third kappa shape index (κ3) is 6.55. The van der Waals surface area contributed by atoms with E-state index in [-0.39, 0.29) is 16.4 Å². The van der Waals surface area contributed by atoms with Gasteiger partial charge in [0.1, 0.15) is 24.2 Å². The van der Waals surface area contributed by atoms with E-state index in [0.717, 1.165) is 17.7 Å². The zero-order valence-corrected chi connectivity index (χ0v) is 18.2. The van der Waals surface area contributed by atoms with Crippen molar-refractivity contribution in [2.75, 3.05) is 26.8 Å². The number of ether oxygens (including phenoxy) is 2. The number of benzene rings is 3. The molecule has 6 nitrogen and oxygen atoms in total. The molecule has 0 radical (unpaired) electrons. The van der Waals surface area contributed by atoms with Gasteiger partial charge in [-0.2, -0.15) is 0 Å². The maximum absolute atomic E-state index is 12.8. The van der Waals surface area contributed by atoms with Gasteiger partial charge in [0.25, 0.3) is 0 Å². The Hall–Kier alpha value is -2.87.